The Hall–Kier alpha value is -2.10. The monoisotopic (exact) mass is 230 g/mol. The molecule has 1 unspecified atom stereocenters. The van der Waals surface area contributed by atoms with Gasteiger partial charge in [-0.05, 0) is 19.1 Å². The molecule has 4 nitrogen and oxygen atoms in total. The maximum absolute atomic E-state index is 5.57. The molecule has 1 atom stereocenters. The predicted octanol–water partition coefficient (Wildman–Crippen LogP) is 2.32. The average molecular weight is 230 g/mol. The van der Waals surface area contributed by atoms with E-state index in [2.05, 4.69) is 9.97 Å². The van der Waals surface area contributed by atoms with E-state index in [1.54, 1.807) is 12.4 Å². The quantitative estimate of drug-likeness (QED) is 0.790. The van der Waals surface area contributed by atoms with E-state index in [0.29, 0.717) is 18.4 Å². The van der Waals surface area contributed by atoms with Crippen molar-refractivity contribution < 1.29 is 9.47 Å². The van der Waals surface area contributed by atoms with Gasteiger partial charge in [-0.1, -0.05) is 12.1 Å². The van der Waals surface area contributed by atoms with Crippen molar-refractivity contribution in [2.45, 2.75) is 13.0 Å². The number of ether oxygens (including phenoxy) is 2. The molecule has 0 radical (unpaired) electrons. The second-order valence-electron chi connectivity index (χ2n) is 3.58. The SMILES string of the molecule is CC(COc1ccccn1)Oc1ccccn1. The average Bonchev–Trinajstić information content (AvgIpc) is 2.39. The standard InChI is InChI=1S/C13H14N2O2/c1-11(17-13-7-3-5-9-15-13)10-16-12-6-2-4-8-14-12/h2-9,11H,10H2,1H3. The van der Waals surface area contributed by atoms with Crippen LogP contribution in [0.1, 0.15) is 6.92 Å². The highest BCUT2D eigenvalue weighted by atomic mass is 16.5. The summed E-state index contributed by atoms with van der Waals surface area (Å²) in [6.45, 7) is 2.37. The van der Waals surface area contributed by atoms with Crippen molar-refractivity contribution in [1.82, 2.24) is 9.97 Å². The molecule has 0 aromatic carbocycles. The predicted molar refractivity (Wildman–Crippen MR) is 64.1 cm³/mol. The third kappa shape index (κ3) is 3.75. The van der Waals surface area contributed by atoms with Gasteiger partial charge in [-0.2, -0.15) is 0 Å². The molecule has 0 spiro atoms. The lowest BCUT2D eigenvalue weighted by molar-refractivity contribution is 0.135. The molecule has 2 aromatic heterocycles. The summed E-state index contributed by atoms with van der Waals surface area (Å²) in [5, 5.41) is 0. The minimum absolute atomic E-state index is 0.0769. The first-order chi connectivity index (χ1) is 8.34. The molecule has 2 rings (SSSR count). The molecule has 0 aliphatic carbocycles. The lowest BCUT2D eigenvalue weighted by atomic mass is 10.4. The first kappa shape index (κ1) is 11.4. The summed E-state index contributed by atoms with van der Waals surface area (Å²) in [7, 11) is 0. The molecule has 17 heavy (non-hydrogen) atoms. The van der Waals surface area contributed by atoms with Crippen LogP contribution in [0.3, 0.4) is 0 Å². The van der Waals surface area contributed by atoms with Crippen LogP contribution >= 0.6 is 0 Å². The molecule has 0 bridgehead atoms. The van der Waals surface area contributed by atoms with E-state index in [1.807, 2.05) is 43.3 Å². The summed E-state index contributed by atoms with van der Waals surface area (Å²) in [6, 6.07) is 11.1. The Morgan fingerprint density at radius 1 is 1.00 bits per heavy atom. The van der Waals surface area contributed by atoms with E-state index in [4.69, 9.17) is 9.47 Å². The number of rotatable bonds is 5. The van der Waals surface area contributed by atoms with Gasteiger partial charge in [-0.3, -0.25) is 0 Å². The van der Waals surface area contributed by atoms with Gasteiger partial charge in [0.25, 0.3) is 0 Å². The molecule has 0 saturated carbocycles. The zero-order valence-corrected chi connectivity index (χ0v) is 9.61. The van der Waals surface area contributed by atoms with E-state index in [9.17, 15) is 0 Å². The zero-order valence-electron chi connectivity index (χ0n) is 9.61. The molecule has 2 heterocycles. The van der Waals surface area contributed by atoms with Gasteiger partial charge in [0.1, 0.15) is 12.7 Å². The van der Waals surface area contributed by atoms with Gasteiger partial charge in [0, 0.05) is 24.5 Å². The van der Waals surface area contributed by atoms with Crippen LogP contribution in [0.2, 0.25) is 0 Å². The van der Waals surface area contributed by atoms with Gasteiger partial charge >= 0.3 is 0 Å². The van der Waals surface area contributed by atoms with E-state index < -0.39 is 0 Å². The van der Waals surface area contributed by atoms with Gasteiger partial charge in [-0.15, -0.1) is 0 Å². The summed E-state index contributed by atoms with van der Waals surface area (Å²) < 4.78 is 11.0. The molecule has 0 aliphatic heterocycles. The Kier molecular flexibility index (Phi) is 3.91. The van der Waals surface area contributed by atoms with E-state index in [0.717, 1.165) is 0 Å². The molecule has 0 aliphatic rings. The second-order valence-corrected chi connectivity index (χ2v) is 3.58. The summed E-state index contributed by atoms with van der Waals surface area (Å²) in [5.41, 5.74) is 0. The molecule has 0 N–H and O–H groups in total. The maximum atomic E-state index is 5.57. The number of nitrogens with zero attached hydrogens (tertiary/aromatic N) is 2. The van der Waals surface area contributed by atoms with Crippen molar-refractivity contribution in [2.75, 3.05) is 6.61 Å². The highest BCUT2D eigenvalue weighted by Crippen LogP contribution is 2.08. The Balaban J connectivity index is 1.80. The Morgan fingerprint density at radius 3 is 2.24 bits per heavy atom. The summed E-state index contributed by atoms with van der Waals surface area (Å²) in [4.78, 5) is 8.14. The zero-order chi connectivity index (χ0) is 11.9. The summed E-state index contributed by atoms with van der Waals surface area (Å²) >= 11 is 0. The van der Waals surface area contributed by atoms with Crippen LogP contribution in [0.25, 0.3) is 0 Å². The molecular formula is C13H14N2O2. The lowest BCUT2D eigenvalue weighted by Crippen LogP contribution is -2.21. The van der Waals surface area contributed by atoms with Crippen LogP contribution < -0.4 is 9.47 Å². The van der Waals surface area contributed by atoms with Crippen LogP contribution in [0, 0.1) is 0 Å². The number of hydrogen-bond acceptors (Lipinski definition) is 4. The molecule has 2 aromatic rings. The van der Waals surface area contributed by atoms with Crippen molar-refractivity contribution in [2.24, 2.45) is 0 Å². The van der Waals surface area contributed by atoms with Gasteiger partial charge in [0.15, 0.2) is 0 Å². The maximum Gasteiger partial charge on any atom is 0.213 e. The van der Waals surface area contributed by atoms with E-state index in [-0.39, 0.29) is 6.10 Å². The first-order valence-electron chi connectivity index (χ1n) is 5.46. The molecule has 4 heteroatoms. The van der Waals surface area contributed by atoms with Gasteiger partial charge in [0.05, 0.1) is 0 Å². The minimum Gasteiger partial charge on any atom is -0.474 e. The lowest BCUT2D eigenvalue weighted by Gasteiger charge is -2.14. The van der Waals surface area contributed by atoms with E-state index in [1.165, 1.54) is 0 Å². The summed E-state index contributed by atoms with van der Waals surface area (Å²) in [6.07, 6.45) is 3.31. The van der Waals surface area contributed by atoms with Crippen LogP contribution in [0.5, 0.6) is 11.8 Å². The number of pyridine rings is 2. The largest absolute Gasteiger partial charge is 0.474 e. The first-order valence-corrected chi connectivity index (χ1v) is 5.46. The molecular weight excluding hydrogens is 216 g/mol. The Bertz CT molecular complexity index is 434. The minimum atomic E-state index is -0.0769. The fourth-order valence-electron chi connectivity index (χ4n) is 1.29. The topological polar surface area (TPSA) is 44.2 Å². The number of hydrogen-bond donors (Lipinski definition) is 0. The third-order valence-corrected chi connectivity index (χ3v) is 2.06. The van der Waals surface area contributed by atoms with Crippen molar-refractivity contribution in [1.29, 1.82) is 0 Å². The van der Waals surface area contributed by atoms with Crippen LogP contribution in [-0.2, 0) is 0 Å². The Labute approximate surface area is 100 Å². The number of aromatic nitrogens is 2. The fourth-order valence-corrected chi connectivity index (χ4v) is 1.29. The van der Waals surface area contributed by atoms with Crippen molar-refractivity contribution in [3.05, 3.63) is 48.8 Å². The molecule has 0 fully saturated rings. The van der Waals surface area contributed by atoms with Gasteiger partial charge < -0.3 is 9.47 Å². The van der Waals surface area contributed by atoms with Gasteiger partial charge in [0.2, 0.25) is 11.8 Å². The highest BCUT2D eigenvalue weighted by molar-refractivity contribution is 5.10. The molecule has 0 saturated heterocycles. The van der Waals surface area contributed by atoms with E-state index >= 15 is 0 Å². The van der Waals surface area contributed by atoms with Crippen LogP contribution in [0.15, 0.2) is 48.8 Å². The normalized spacial score (nSPS) is 11.8. The smallest absolute Gasteiger partial charge is 0.213 e. The van der Waals surface area contributed by atoms with Crippen molar-refractivity contribution in [3.63, 3.8) is 0 Å². The third-order valence-electron chi connectivity index (χ3n) is 2.06. The van der Waals surface area contributed by atoms with Crippen LogP contribution in [-0.4, -0.2) is 22.7 Å². The fraction of sp³-hybridized carbons (Fsp3) is 0.231. The highest BCUT2D eigenvalue weighted by Gasteiger charge is 2.05. The molecule has 88 valence electrons. The molecule has 0 amide bonds. The van der Waals surface area contributed by atoms with Crippen molar-refractivity contribution in [3.8, 4) is 11.8 Å². The van der Waals surface area contributed by atoms with Gasteiger partial charge in [-0.25, -0.2) is 9.97 Å². The van der Waals surface area contributed by atoms with Crippen LogP contribution in [0.4, 0.5) is 0 Å². The van der Waals surface area contributed by atoms with Crippen molar-refractivity contribution >= 4 is 0 Å². The Morgan fingerprint density at radius 2 is 1.65 bits per heavy atom. The summed E-state index contributed by atoms with van der Waals surface area (Å²) in [5.74, 6) is 1.20. The second kappa shape index (κ2) is 5.84.